The zero-order chi connectivity index (χ0) is 10.3. The van der Waals surface area contributed by atoms with Crippen molar-refractivity contribution in [3.63, 3.8) is 0 Å². The van der Waals surface area contributed by atoms with Crippen molar-refractivity contribution in [3.05, 3.63) is 0 Å². The average molecular weight is 197 g/mol. The van der Waals surface area contributed by atoms with Gasteiger partial charge in [-0.05, 0) is 6.92 Å². The van der Waals surface area contributed by atoms with E-state index >= 15 is 0 Å². The molecule has 0 bridgehead atoms. The fourth-order valence-electron chi connectivity index (χ4n) is 1.03. The zero-order valence-corrected chi connectivity index (χ0v) is 8.04. The fourth-order valence-corrected chi connectivity index (χ4v) is 1.03. The van der Waals surface area contributed by atoms with E-state index in [1.165, 1.54) is 12.0 Å². The summed E-state index contributed by atoms with van der Waals surface area (Å²) in [6.45, 7) is 2.06. The molecule has 0 radical (unpaired) electrons. The van der Waals surface area contributed by atoms with Crippen LogP contribution in [-0.2, 0) is 4.74 Å². The third kappa shape index (κ3) is 6.86. The molecule has 1 atom stereocenters. The molecule has 0 aliphatic carbocycles. The Morgan fingerprint density at radius 2 is 2.00 bits per heavy atom. The molecular weight excluding hydrogens is 180 g/mol. The van der Waals surface area contributed by atoms with Gasteiger partial charge in [0, 0.05) is 20.2 Å². The smallest absolute Gasteiger partial charge is 0.251 e. The standard InChI is InChI=1S/C8H17F2NO2/c1-7(13-2)5-11(3-4-12)6-8(9)10/h7-8,12H,3-6H2,1-2H3. The van der Waals surface area contributed by atoms with E-state index in [1.807, 2.05) is 0 Å². The first-order valence-electron chi connectivity index (χ1n) is 4.24. The lowest BCUT2D eigenvalue weighted by Crippen LogP contribution is -2.37. The highest BCUT2D eigenvalue weighted by Gasteiger charge is 2.13. The molecule has 1 unspecified atom stereocenters. The van der Waals surface area contributed by atoms with Gasteiger partial charge < -0.3 is 9.84 Å². The van der Waals surface area contributed by atoms with Crippen LogP contribution in [0.25, 0.3) is 0 Å². The van der Waals surface area contributed by atoms with Crippen LogP contribution in [0.15, 0.2) is 0 Å². The van der Waals surface area contributed by atoms with Crippen LogP contribution in [0.5, 0.6) is 0 Å². The van der Waals surface area contributed by atoms with E-state index in [1.54, 1.807) is 6.92 Å². The van der Waals surface area contributed by atoms with Gasteiger partial charge in [-0.2, -0.15) is 0 Å². The van der Waals surface area contributed by atoms with Crippen molar-refractivity contribution in [2.75, 3.05) is 33.4 Å². The Balaban J connectivity index is 3.78. The molecule has 0 rings (SSSR count). The second-order valence-electron chi connectivity index (χ2n) is 2.92. The highest BCUT2D eigenvalue weighted by molar-refractivity contribution is 4.62. The molecule has 1 N–H and O–H groups in total. The first-order chi connectivity index (χ1) is 6.10. The minimum absolute atomic E-state index is 0.0923. The summed E-state index contributed by atoms with van der Waals surface area (Å²) in [5, 5.41) is 8.61. The zero-order valence-electron chi connectivity index (χ0n) is 8.04. The van der Waals surface area contributed by atoms with Crippen LogP contribution >= 0.6 is 0 Å². The second-order valence-corrected chi connectivity index (χ2v) is 2.92. The number of ether oxygens (including phenoxy) is 1. The number of nitrogens with zero attached hydrogens (tertiary/aromatic N) is 1. The molecule has 0 saturated heterocycles. The summed E-state index contributed by atoms with van der Waals surface area (Å²) in [7, 11) is 1.53. The topological polar surface area (TPSA) is 32.7 Å². The highest BCUT2D eigenvalue weighted by Crippen LogP contribution is 2.00. The SMILES string of the molecule is COC(C)CN(CCO)CC(F)F. The molecule has 0 heterocycles. The Morgan fingerprint density at radius 3 is 2.38 bits per heavy atom. The molecular formula is C8H17F2NO2. The number of alkyl halides is 2. The van der Waals surface area contributed by atoms with Crippen molar-refractivity contribution in [1.82, 2.24) is 4.90 Å². The predicted molar refractivity (Wildman–Crippen MR) is 46.0 cm³/mol. The van der Waals surface area contributed by atoms with E-state index in [0.29, 0.717) is 6.54 Å². The number of aliphatic hydroxyl groups excluding tert-OH is 1. The summed E-state index contributed by atoms with van der Waals surface area (Å²) in [6, 6.07) is 0. The van der Waals surface area contributed by atoms with Crippen LogP contribution in [0.3, 0.4) is 0 Å². The van der Waals surface area contributed by atoms with E-state index in [9.17, 15) is 8.78 Å². The molecule has 0 aliphatic rings. The minimum atomic E-state index is -2.37. The number of rotatable bonds is 7. The third-order valence-corrected chi connectivity index (χ3v) is 1.73. The molecule has 80 valence electrons. The van der Waals surface area contributed by atoms with Crippen LogP contribution in [-0.4, -0.2) is 55.9 Å². The first-order valence-corrected chi connectivity index (χ1v) is 4.24. The van der Waals surface area contributed by atoms with Crippen LogP contribution in [0.1, 0.15) is 6.92 Å². The van der Waals surface area contributed by atoms with E-state index in [0.717, 1.165) is 0 Å². The Hall–Kier alpha value is -0.260. The highest BCUT2D eigenvalue weighted by atomic mass is 19.3. The van der Waals surface area contributed by atoms with E-state index < -0.39 is 6.43 Å². The van der Waals surface area contributed by atoms with Gasteiger partial charge in [0.25, 0.3) is 6.43 Å². The van der Waals surface area contributed by atoms with Gasteiger partial charge in [0.1, 0.15) is 0 Å². The van der Waals surface area contributed by atoms with Crippen molar-refractivity contribution in [1.29, 1.82) is 0 Å². The lowest BCUT2D eigenvalue weighted by molar-refractivity contribution is 0.0344. The predicted octanol–water partition coefficient (Wildman–Crippen LogP) is 0.581. The normalized spacial score (nSPS) is 14.1. The first kappa shape index (κ1) is 12.7. The largest absolute Gasteiger partial charge is 0.395 e. The van der Waals surface area contributed by atoms with Gasteiger partial charge in [-0.15, -0.1) is 0 Å². The Labute approximate surface area is 77.3 Å². The van der Waals surface area contributed by atoms with Gasteiger partial charge in [-0.1, -0.05) is 0 Å². The molecule has 0 aromatic carbocycles. The van der Waals surface area contributed by atoms with Gasteiger partial charge in [0.05, 0.1) is 19.3 Å². The van der Waals surface area contributed by atoms with E-state index in [4.69, 9.17) is 9.84 Å². The number of aliphatic hydroxyl groups is 1. The number of hydrogen-bond donors (Lipinski definition) is 1. The Kier molecular flexibility index (Phi) is 7.03. The summed E-state index contributed by atoms with van der Waals surface area (Å²) in [6.07, 6.45) is -2.46. The van der Waals surface area contributed by atoms with Crippen LogP contribution < -0.4 is 0 Å². The molecule has 5 heteroatoms. The molecule has 0 aromatic rings. The molecule has 0 amide bonds. The summed E-state index contributed by atoms with van der Waals surface area (Å²) >= 11 is 0. The van der Waals surface area contributed by atoms with Crippen LogP contribution in [0, 0.1) is 0 Å². The summed E-state index contributed by atoms with van der Waals surface area (Å²) < 4.78 is 28.9. The number of hydrogen-bond acceptors (Lipinski definition) is 3. The van der Waals surface area contributed by atoms with Crippen LogP contribution in [0.2, 0.25) is 0 Å². The van der Waals surface area contributed by atoms with Crippen molar-refractivity contribution >= 4 is 0 Å². The van der Waals surface area contributed by atoms with E-state index in [-0.39, 0.29) is 25.8 Å². The molecule has 0 fully saturated rings. The summed E-state index contributed by atoms with van der Waals surface area (Å²) in [5.74, 6) is 0. The maximum Gasteiger partial charge on any atom is 0.251 e. The summed E-state index contributed by atoms with van der Waals surface area (Å²) in [4.78, 5) is 1.48. The van der Waals surface area contributed by atoms with Gasteiger partial charge in [0.15, 0.2) is 0 Å². The van der Waals surface area contributed by atoms with Crippen molar-refractivity contribution in [2.45, 2.75) is 19.5 Å². The number of halogens is 2. The molecule has 0 aromatic heterocycles. The van der Waals surface area contributed by atoms with Gasteiger partial charge in [0.2, 0.25) is 0 Å². The van der Waals surface area contributed by atoms with E-state index in [2.05, 4.69) is 0 Å². The summed E-state index contributed by atoms with van der Waals surface area (Å²) in [5.41, 5.74) is 0. The maximum absolute atomic E-state index is 12.0. The lowest BCUT2D eigenvalue weighted by Gasteiger charge is -2.23. The molecule has 0 spiro atoms. The van der Waals surface area contributed by atoms with Crippen molar-refractivity contribution in [3.8, 4) is 0 Å². The van der Waals surface area contributed by atoms with Gasteiger partial charge >= 0.3 is 0 Å². The molecule has 0 aliphatic heterocycles. The second kappa shape index (κ2) is 7.17. The average Bonchev–Trinajstić information content (AvgIpc) is 2.03. The van der Waals surface area contributed by atoms with Gasteiger partial charge in [-0.25, -0.2) is 8.78 Å². The third-order valence-electron chi connectivity index (χ3n) is 1.73. The maximum atomic E-state index is 12.0. The Morgan fingerprint density at radius 1 is 1.38 bits per heavy atom. The van der Waals surface area contributed by atoms with Crippen LogP contribution in [0.4, 0.5) is 8.78 Å². The minimum Gasteiger partial charge on any atom is -0.395 e. The van der Waals surface area contributed by atoms with Crippen molar-refractivity contribution < 1.29 is 18.6 Å². The number of methoxy groups -OCH3 is 1. The quantitative estimate of drug-likeness (QED) is 0.648. The molecule has 13 heavy (non-hydrogen) atoms. The van der Waals surface area contributed by atoms with Gasteiger partial charge in [-0.3, -0.25) is 4.90 Å². The lowest BCUT2D eigenvalue weighted by atomic mass is 10.3. The fraction of sp³-hybridized carbons (Fsp3) is 1.00. The monoisotopic (exact) mass is 197 g/mol. The molecule has 0 saturated carbocycles. The van der Waals surface area contributed by atoms with Crippen molar-refractivity contribution in [2.24, 2.45) is 0 Å². The molecule has 3 nitrogen and oxygen atoms in total. The Bertz CT molecular complexity index is 125.